The second kappa shape index (κ2) is 7.87. The van der Waals surface area contributed by atoms with E-state index in [2.05, 4.69) is 5.32 Å². The van der Waals surface area contributed by atoms with Gasteiger partial charge in [0.15, 0.2) is 0 Å². The molecule has 114 valence electrons. The molecule has 1 rings (SSSR count). The third-order valence-electron chi connectivity index (χ3n) is 3.75. The molecule has 6 heteroatoms. The van der Waals surface area contributed by atoms with Gasteiger partial charge in [-0.25, -0.2) is 0 Å². The van der Waals surface area contributed by atoms with E-state index in [1.807, 2.05) is 0 Å². The van der Waals surface area contributed by atoms with E-state index in [1.165, 1.54) is 0 Å². The van der Waals surface area contributed by atoms with Crippen molar-refractivity contribution in [1.29, 1.82) is 0 Å². The minimum atomic E-state index is -0.977. The summed E-state index contributed by atoms with van der Waals surface area (Å²) in [5.74, 6) is -1.82. The van der Waals surface area contributed by atoms with Crippen LogP contribution in [0, 0.1) is 5.41 Å². The lowest BCUT2D eigenvalue weighted by molar-refractivity contribution is -0.153. The van der Waals surface area contributed by atoms with Gasteiger partial charge in [-0.2, -0.15) is 0 Å². The number of ether oxygens (including phenoxy) is 1. The molecule has 1 saturated carbocycles. The minimum Gasteiger partial charge on any atom is -0.481 e. The van der Waals surface area contributed by atoms with Crippen molar-refractivity contribution in [1.82, 2.24) is 5.32 Å². The van der Waals surface area contributed by atoms with Crippen molar-refractivity contribution >= 4 is 17.8 Å². The second-order valence-corrected chi connectivity index (χ2v) is 5.26. The summed E-state index contributed by atoms with van der Waals surface area (Å²) in [4.78, 5) is 34.5. The molecule has 0 saturated heterocycles. The molecule has 0 heterocycles. The van der Waals surface area contributed by atoms with Gasteiger partial charge >= 0.3 is 11.9 Å². The number of hydrogen-bond donors (Lipinski definition) is 2. The van der Waals surface area contributed by atoms with E-state index in [0.717, 1.165) is 25.7 Å². The maximum atomic E-state index is 11.9. The topological polar surface area (TPSA) is 92.7 Å². The summed E-state index contributed by atoms with van der Waals surface area (Å²) < 4.78 is 4.70. The predicted octanol–water partition coefficient (Wildman–Crippen LogP) is 1.48. The van der Waals surface area contributed by atoms with Gasteiger partial charge in [0.25, 0.3) is 0 Å². The number of hydrogen-bond acceptors (Lipinski definition) is 4. The number of carbonyl (C=O) groups excluding carboxylic acids is 2. The van der Waals surface area contributed by atoms with Gasteiger partial charge in [-0.05, 0) is 19.8 Å². The summed E-state index contributed by atoms with van der Waals surface area (Å²) >= 11 is 0. The largest absolute Gasteiger partial charge is 0.481 e. The molecular weight excluding hydrogens is 262 g/mol. The van der Waals surface area contributed by atoms with Crippen LogP contribution in [0.1, 0.15) is 51.9 Å². The highest BCUT2D eigenvalue weighted by Crippen LogP contribution is 2.38. The number of carbonyl (C=O) groups is 3. The van der Waals surface area contributed by atoms with Crippen LogP contribution in [0.2, 0.25) is 0 Å². The molecule has 0 radical (unpaired) electrons. The highest BCUT2D eigenvalue weighted by Gasteiger charge is 2.40. The van der Waals surface area contributed by atoms with E-state index in [9.17, 15) is 19.5 Å². The molecule has 20 heavy (non-hydrogen) atoms. The van der Waals surface area contributed by atoms with Crippen LogP contribution in [-0.4, -0.2) is 36.1 Å². The Balaban J connectivity index is 2.54. The van der Waals surface area contributed by atoms with Gasteiger partial charge in [0.1, 0.15) is 6.54 Å². The first-order valence-corrected chi connectivity index (χ1v) is 7.16. The Labute approximate surface area is 118 Å². The second-order valence-electron chi connectivity index (χ2n) is 5.26. The monoisotopic (exact) mass is 285 g/mol. The van der Waals surface area contributed by atoms with Crippen LogP contribution < -0.4 is 5.32 Å². The zero-order valence-corrected chi connectivity index (χ0v) is 11.9. The van der Waals surface area contributed by atoms with Gasteiger partial charge in [0, 0.05) is 6.42 Å². The molecule has 0 bridgehead atoms. The van der Waals surface area contributed by atoms with Gasteiger partial charge in [-0.1, -0.05) is 25.7 Å². The number of carboxylic acid groups (broad SMARTS) is 1. The van der Waals surface area contributed by atoms with Crippen LogP contribution in [0.15, 0.2) is 0 Å². The molecular formula is C14H23NO5. The van der Waals surface area contributed by atoms with Crippen LogP contribution in [0.5, 0.6) is 0 Å². The van der Waals surface area contributed by atoms with Crippen molar-refractivity contribution in [2.75, 3.05) is 13.2 Å². The summed E-state index contributed by atoms with van der Waals surface area (Å²) in [6.07, 6.45) is 4.67. The summed E-state index contributed by atoms with van der Waals surface area (Å²) in [6, 6.07) is 0. The SMILES string of the molecule is CCOC(=O)CNC(=O)CC1(C(=O)O)CCCCCC1. The molecule has 1 fully saturated rings. The van der Waals surface area contributed by atoms with E-state index in [-0.39, 0.29) is 19.6 Å². The van der Waals surface area contributed by atoms with Crippen molar-refractivity contribution in [3.8, 4) is 0 Å². The third-order valence-corrected chi connectivity index (χ3v) is 3.75. The fourth-order valence-corrected chi connectivity index (χ4v) is 2.62. The average Bonchev–Trinajstić information content (AvgIpc) is 2.63. The molecule has 0 aromatic heterocycles. The van der Waals surface area contributed by atoms with Crippen LogP contribution in [0.4, 0.5) is 0 Å². The maximum absolute atomic E-state index is 11.9. The first-order valence-electron chi connectivity index (χ1n) is 7.16. The molecule has 0 aromatic carbocycles. The number of esters is 1. The first kappa shape index (κ1) is 16.5. The van der Waals surface area contributed by atoms with Gasteiger partial charge in [0.2, 0.25) is 5.91 Å². The molecule has 2 N–H and O–H groups in total. The number of rotatable bonds is 6. The third kappa shape index (κ3) is 4.83. The number of carboxylic acids is 1. The van der Waals surface area contributed by atoms with Crippen LogP contribution in [0.3, 0.4) is 0 Å². The number of aliphatic carboxylic acids is 1. The van der Waals surface area contributed by atoms with Crippen molar-refractivity contribution in [3.05, 3.63) is 0 Å². The lowest BCUT2D eigenvalue weighted by Gasteiger charge is -2.27. The van der Waals surface area contributed by atoms with Gasteiger partial charge in [-0.15, -0.1) is 0 Å². The van der Waals surface area contributed by atoms with Gasteiger partial charge in [-0.3, -0.25) is 14.4 Å². The first-order chi connectivity index (χ1) is 9.50. The summed E-state index contributed by atoms with van der Waals surface area (Å²) in [5, 5.41) is 11.9. The van der Waals surface area contributed by atoms with Crippen LogP contribution >= 0.6 is 0 Å². The zero-order chi connectivity index (χ0) is 15.0. The lowest BCUT2D eigenvalue weighted by atomic mass is 9.77. The van der Waals surface area contributed by atoms with E-state index in [1.54, 1.807) is 6.92 Å². The molecule has 1 aliphatic rings. The quantitative estimate of drug-likeness (QED) is 0.569. The van der Waals surface area contributed by atoms with E-state index < -0.39 is 23.3 Å². The van der Waals surface area contributed by atoms with Crippen molar-refractivity contribution < 1.29 is 24.2 Å². The predicted molar refractivity (Wildman–Crippen MR) is 72.0 cm³/mol. The van der Waals surface area contributed by atoms with Gasteiger partial charge in [0.05, 0.1) is 12.0 Å². The molecule has 0 aliphatic heterocycles. The van der Waals surface area contributed by atoms with E-state index in [4.69, 9.17) is 4.74 Å². The Kier molecular flexibility index (Phi) is 6.48. The lowest BCUT2D eigenvalue weighted by Crippen LogP contribution is -2.39. The standard InChI is InChI=1S/C14H23NO5/c1-2-20-12(17)10-15-11(16)9-14(13(18)19)7-5-3-4-6-8-14/h2-10H2,1H3,(H,15,16)(H,18,19). The Morgan fingerprint density at radius 3 is 2.25 bits per heavy atom. The highest BCUT2D eigenvalue weighted by molar-refractivity contribution is 5.87. The molecule has 0 spiro atoms. The summed E-state index contributed by atoms with van der Waals surface area (Å²) in [5.41, 5.74) is -0.977. The molecule has 1 amide bonds. The maximum Gasteiger partial charge on any atom is 0.325 e. The Morgan fingerprint density at radius 1 is 1.15 bits per heavy atom. The molecule has 0 aromatic rings. The smallest absolute Gasteiger partial charge is 0.325 e. The molecule has 1 aliphatic carbocycles. The Bertz CT molecular complexity index is 359. The molecule has 0 atom stereocenters. The number of amides is 1. The van der Waals surface area contributed by atoms with Crippen molar-refractivity contribution in [3.63, 3.8) is 0 Å². The van der Waals surface area contributed by atoms with Crippen molar-refractivity contribution in [2.45, 2.75) is 51.9 Å². The number of nitrogens with one attached hydrogen (secondary N) is 1. The minimum absolute atomic E-state index is 0.0677. The summed E-state index contributed by atoms with van der Waals surface area (Å²) in [6.45, 7) is 1.74. The van der Waals surface area contributed by atoms with E-state index in [0.29, 0.717) is 12.8 Å². The Hall–Kier alpha value is -1.59. The Morgan fingerprint density at radius 2 is 1.75 bits per heavy atom. The average molecular weight is 285 g/mol. The fraction of sp³-hybridized carbons (Fsp3) is 0.786. The summed E-state index contributed by atoms with van der Waals surface area (Å²) in [7, 11) is 0. The zero-order valence-electron chi connectivity index (χ0n) is 11.9. The molecule has 6 nitrogen and oxygen atoms in total. The van der Waals surface area contributed by atoms with Crippen LogP contribution in [0.25, 0.3) is 0 Å². The fourth-order valence-electron chi connectivity index (χ4n) is 2.62. The normalized spacial score (nSPS) is 17.9. The highest BCUT2D eigenvalue weighted by atomic mass is 16.5. The molecule has 0 unspecified atom stereocenters. The van der Waals surface area contributed by atoms with Crippen LogP contribution in [-0.2, 0) is 19.1 Å². The van der Waals surface area contributed by atoms with Gasteiger partial charge < -0.3 is 15.2 Å². The van der Waals surface area contributed by atoms with Crippen molar-refractivity contribution in [2.24, 2.45) is 5.41 Å². The van der Waals surface area contributed by atoms with E-state index >= 15 is 0 Å².